The van der Waals surface area contributed by atoms with E-state index in [1.807, 2.05) is 0 Å². The van der Waals surface area contributed by atoms with E-state index in [-0.39, 0.29) is 176 Å². The molecule has 18 heteroatoms. The summed E-state index contributed by atoms with van der Waals surface area (Å²) in [6, 6.07) is 0. The lowest BCUT2D eigenvalue weighted by molar-refractivity contribution is -0.145. The highest BCUT2D eigenvalue weighted by atomic mass is 16.2. The van der Waals surface area contributed by atoms with Crippen molar-refractivity contribution in [1.29, 1.82) is 0 Å². The van der Waals surface area contributed by atoms with Crippen molar-refractivity contribution in [2.45, 2.75) is 103 Å². The molecule has 0 aliphatic heterocycles. The van der Waals surface area contributed by atoms with Gasteiger partial charge in [0.25, 0.3) is 0 Å². The van der Waals surface area contributed by atoms with Gasteiger partial charge in [-0.25, -0.2) is 0 Å². The van der Waals surface area contributed by atoms with Crippen molar-refractivity contribution in [2.24, 2.45) is 324 Å². The maximum absolute atomic E-state index is 12.4. The van der Waals surface area contributed by atoms with Crippen LogP contribution in [-0.4, -0.2) is 104 Å². The van der Waals surface area contributed by atoms with Crippen molar-refractivity contribution < 1.29 is 86.3 Å². The van der Waals surface area contributed by atoms with Gasteiger partial charge in [-0.2, -0.15) is 0 Å². The van der Waals surface area contributed by atoms with Crippen molar-refractivity contribution in [3.8, 4) is 0 Å². The minimum absolute atomic E-state index is 0.0139. The van der Waals surface area contributed by atoms with Crippen molar-refractivity contribution in [2.75, 3.05) is 0 Å². The quantitative estimate of drug-likeness (QED) is 0.161. The van der Waals surface area contributed by atoms with Crippen LogP contribution in [-0.2, 0) is 86.3 Å². The van der Waals surface area contributed by atoms with Crippen LogP contribution in [0.5, 0.6) is 0 Å². The van der Waals surface area contributed by atoms with Crippen molar-refractivity contribution >= 4 is 104 Å². The Morgan fingerprint density at radius 2 is 0.388 bits per heavy atom. The molecule has 3 spiro atoms. The molecule has 0 N–H and O–H groups in total. The predicted octanol–water partition coefficient (Wildman–Crippen LogP) is 13.8. The van der Waals surface area contributed by atoms with E-state index < -0.39 is 0 Å². The molecule has 40 unspecified atom stereocenters. The fraction of sp³-hybridized carbons (Fsp3) is 0.587. The predicted molar refractivity (Wildman–Crippen MR) is 499 cm³/mol. The molecule has 0 heterocycles. The summed E-state index contributed by atoms with van der Waals surface area (Å²) < 4.78 is 0. The number of carbonyl (C=O) groups is 18. The molecule has 0 aromatic heterocycles. The first-order valence-electron chi connectivity index (χ1n) is 54.0. The lowest BCUT2D eigenvalue weighted by Gasteiger charge is -2.47. The highest BCUT2D eigenvalue weighted by Gasteiger charge is 2.93. The summed E-state index contributed by atoms with van der Waals surface area (Å²) in [5.41, 5.74) is 1.43. The zero-order valence-electron chi connectivity index (χ0n) is 77.7. The zero-order chi connectivity index (χ0) is 93.9. The molecule has 31 fully saturated rings. The zero-order valence-corrected chi connectivity index (χ0v) is 77.7. The fourth-order valence-corrected chi connectivity index (χ4v) is 43.7. The van der Waals surface area contributed by atoms with Crippen LogP contribution in [0.25, 0.3) is 0 Å². The van der Waals surface area contributed by atoms with Gasteiger partial charge in [0, 0.05) is 112 Å². The second-order valence-electron chi connectivity index (χ2n) is 50.8. The summed E-state index contributed by atoms with van der Waals surface area (Å²) in [5.74, 6) is 31.0. The minimum atomic E-state index is -0.121. The van der Waals surface area contributed by atoms with Crippen LogP contribution in [0.2, 0.25) is 0 Å². The van der Waals surface area contributed by atoms with E-state index in [2.05, 4.69) is 85.1 Å². The van der Waals surface area contributed by atoms with E-state index in [1.165, 1.54) is 188 Å². The third-order valence-electron chi connectivity index (χ3n) is 47.3. The van der Waals surface area contributed by atoms with E-state index in [0.717, 1.165) is 94.7 Å². The molecule has 40 atom stereocenters. The summed E-state index contributed by atoms with van der Waals surface area (Å²) in [6.07, 6.45) is 77.6. The third kappa shape index (κ3) is 11.1. The molecular formula is C121H116O18. The van der Waals surface area contributed by atoms with Gasteiger partial charge in [-0.15, -0.1) is 0 Å². The first kappa shape index (κ1) is 84.6. The molecule has 139 heavy (non-hydrogen) atoms. The van der Waals surface area contributed by atoms with Gasteiger partial charge in [-0.05, 0) is 424 Å². The fourth-order valence-electron chi connectivity index (χ4n) is 43.7. The van der Waals surface area contributed by atoms with Crippen LogP contribution in [0.3, 0.4) is 0 Å². The summed E-state index contributed by atoms with van der Waals surface area (Å²) in [4.78, 5) is 207. The summed E-state index contributed by atoms with van der Waals surface area (Å²) in [5, 5.41) is 0. The average Bonchev–Trinajstić information content (AvgIpc) is 1.43. The van der Waals surface area contributed by atoms with E-state index >= 15 is 0 Å². The molecule has 0 saturated heterocycles. The molecule has 45 rings (SSSR count). The van der Waals surface area contributed by atoms with Crippen LogP contribution in [0.15, 0.2) is 194 Å². The van der Waals surface area contributed by atoms with Gasteiger partial charge in [0.1, 0.15) is 34.7 Å². The van der Waals surface area contributed by atoms with Gasteiger partial charge in [0.2, 0.25) is 0 Å². The number of rotatable bonds is 0. The Bertz CT molecular complexity index is 5760. The molecule has 708 valence electrons. The van der Waals surface area contributed by atoms with Crippen LogP contribution < -0.4 is 0 Å². The number of Topliss-reactive ketones (excluding diaryl/α,β-unsaturated/α-hetero) is 6. The summed E-state index contributed by atoms with van der Waals surface area (Å²) >= 11 is 0. The maximum Gasteiger partial charge on any atom is 0.178 e. The second-order valence-corrected chi connectivity index (χ2v) is 50.8. The Morgan fingerprint density at radius 3 is 0.626 bits per heavy atom. The molecule has 24 bridgehead atoms. The standard InChI is InChI=1S/2C14H14O2.4C13H12O2.2C8H10.C7H8.3C6H4O2/c15-13-9-5-3-1-2-4-7(5)11(13)12-8(4)6(3)10(9)14(12)16;15-7-3-4-8(16)14-12-6-2-1-5-9(10(5)12)11(6)13(7)14;14-11-5-3-4-6(5)12(15)8-7(11)9(3)13(1-2-13)10(4)8;14-12-8-4-2-1-3-6(4)10(12)11-7(3)5(2)9(8)13(11)15;14-6-1-2-7(15)13-11-5-3-4-8(9(4)11)10(5)12(6)13;14-9-3-4-10(15)12-8-2-1-7(11(9)12)13(8)5-6-13;2*1-2-8-5-3-7(1)4-6-8;1-2-4-7(3-1)5-6-7;3*7-5-1-2-6(8)4-3-5/h3-12H,1-2H2;3-6,9-14H,1-2H2;3-10H,1-2H2;2-11H,1H2;1-2,4-5,8-13H,3H2;1-4,7-8,11-12H,5-6H2;2*1-3,5,7-8H,4,6H2;1-4H,5-6H2;3*1-4H. The molecule has 0 aromatic carbocycles. The second kappa shape index (κ2) is 29.1. The normalized spacial score (nSPS) is 53.8. The highest BCUT2D eigenvalue weighted by Crippen LogP contribution is 2.92. The van der Waals surface area contributed by atoms with E-state index in [0.29, 0.717) is 157 Å². The Balaban J connectivity index is 0.0000000724. The van der Waals surface area contributed by atoms with Crippen LogP contribution >= 0.6 is 0 Å². The number of allylic oxidation sites excluding steroid dienone is 32. The maximum atomic E-state index is 12.4. The largest absolute Gasteiger partial charge is 0.299 e. The lowest BCUT2D eigenvalue weighted by atomic mass is 9.57. The Labute approximate surface area is 806 Å². The van der Waals surface area contributed by atoms with Crippen LogP contribution in [0.4, 0.5) is 0 Å². The highest BCUT2D eigenvalue weighted by molar-refractivity contribution is 6.17. The van der Waals surface area contributed by atoms with Crippen molar-refractivity contribution in [3.05, 3.63) is 194 Å². The van der Waals surface area contributed by atoms with Gasteiger partial charge in [0.05, 0.1) is 0 Å². The van der Waals surface area contributed by atoms with E-state index in [1.54, 1.807) is 24.3 Å². The van der Waals surface area contributed by atoms with E-state index in [4.69, 9.17) is 0 Å². The van der Waals surface area contributed by atoms with Gasteiger partial charge < -0.3 is 0 Å². The molecule has 45 aliphatic rings. The molecule has 31 saturated carbocycles. The topological polar surface area (TPSA) is 307 Å². The number of ketones is 18. The van der Waals surface area contributed by atoms with Gasteiger partial charge in [-0.1, -0.05) is 85.1 Å². The Hall–Kier alpha value is -10.1. The van der Waals surface area contributed by atoms with Crippen molar-refractivity contribution in [3.63, 3.8) is 0 Å². The number of carbonyl (C=O) groups excluding carboxylic acids is 18. The smallest absolute Gasteiger partial charge is 0.178 e. The SMILES string of the molecule is C1=CC2(C=C1)CC2.C1=CC2C=CC1CC2.C1=CC2C=CC1CC2.O=C1C2C3C(=O)C4C1C1C2C3C4C12CC2.O=C1C2C3C(=O)C4C1C1C5CC(C21)C3C54.O=C1C2C3C(=O)C4C1C1C5CCC(C21)C3C54.O=C1C=CC(=O)C2C1C1C3CC4C1C4C32.O=C1C=CC(=O)C2C1C1C3CCC4C1C4C32.O=C1C=CC(=O)C2C1C1C=CC2C12CC2.O=C1C=CC(=O)C=C1.O=C1C=CC(=O)C=C1.O=C1C=CC(=O)C=C1. The monoisotopic (exact) mass is 1860 g/mol. The number of fused-ring (bicyclic) bond motifs is 15. The van der Waals surface area contributed by atoms with Crippen LogP contribution in [0, 0.1) is 324 Å². The minimum Gasteiger partial charge on any atom is -0.299 e. The van der Waals surface area contributed by atoms with Crippen LogP contribution in [0.1, 0.15) is 103 Å². The summed E-state index contributed by atoms with van der Waals surface area (Å²) in [6.45, 7) is 0. The number of hydrogen-bond acceptors (Lipinski definition) is 18. The first-order valence-corrected chi connectivity index (χ1v) is 54.0. The molecule has 18 nitrogen and oxygen atoms in total. The molecule has 0 aromatic rings. The van der Waals surface area contributed by atoms with E-state index in [9.17, 15) is 86.3 Å². The van der Waals surface area contributed by atoms with Gasteiger partial charge in [-0.3, -0.25) is 86.3 Å². The number of hydrogen-bond donors (Lipinski definition) is 0. The lowest BCUT2D eigenvalue weighted by Crippen LogP contribution is -2.47. The average molecular weight is 1860 g/mol. The van der Waals surface area contributed by atoms with Crippen molar-refractivity contribution in [1.82, 2.24) is 0 Å². The third-order valence-corrected chi connectivity index (χ3v) is 47.3. The Kier molecular flexibility index (Phi) is 17.7. The molecule has 0 amide bonds. The molecule has 0 radical (unpaired) electrons. The first-order chi connectivity index (χ1) is 67.4. The summed E-state index contributed by atoms with van der Waals surface area (Å²) in [7, 11) is 0. The molecular weight excluding hydrogens is 1740 g/mol. The van der Waals surface area contributed by atoms with Gasteiger partial charge in [0.15, 0.2) is 69.4 Å². The molecule has 45 aliphatic carbocycles. The van der Waals surface area contributed by atoms with Gasteiger partial charge >= 0.3 is 0 Å². The Morgan fingerprint density at radius 1 is 0.180 bits per heavy atom.